The minimum Gasteiger partial charge on any atom is -0.469 e. The molecule has 0 atom stereocenters. The van der Waals surface area contributed by atoms with Gasteiger partial charge in [-0.25, -0.2) is 0 Å². The maximum atomic E-state index is 12.3. The standard InChI is InChI=1S/C38H63NO17/c1-43-36(40)6-8-44-10-12-46-14-16-48-18-20-50-22-24-52-26-28-54-30-32-56-33-31-55-29-27-53-25-23-51-21-19-49-17-15-47-13-11-45-9-7-39-37(41)34-4-2-3-5-35(34)38(39)42/h2-5H,6-33H2,1H3. The van der Waals surface area contributed by atoms with E-state index in [-0.39, 0.29) is 37.4 Å². The summed E-state index contributed by atoms with van der Waals surface area (Å²) in [7, 11) is 1.35. The molecule has 1 aliphatic rings. The van der Waals surface area contributed by atoms with Crippen molar-refractivity contribution in [3.63, 3.8) is 0 Å². The molecule has 1 aliphatic heterocycles. The lowest BCUT2D eigenvalue weighted by Gasteiger charge is -2.13. The SMILES string of the molecule is COC(=O)CCOCCOCCOCCOCCOCCOCCOCCOCCOCCOCCOCCOCCOCCN1C(=O)c2ccccc2C1=O. The van der Waals surface area contributed by atoms with Crippen LogP contribution in [-0.2, 0) is 71.1 Å². The molecule has 1 aromatic rings. The molecule has 0 aromatic heterocycles. The largest absolute Gasteiger partial charge is 0.469 e. The molecule has 1 aromatic carbocycles. The second-order valence-corrected chi connectivity index (χ2v) is 11.6. The Kier molecular flexibility index (Phi) is 32.4. The Morgan fingerprint density at radius 1 is 0.393 bits per heavy atom. The normalized spacial score (nSPS) is 12.6. The highest BCUT2D eigenvalue weighted by Gasteiger charge is 2.34. The van der Waals surface area contributed by atoms with Gasteiger partial charge in [0.1, 0.15) is 0 Å². The number of nitrogens with zero attached hydrogens (tertiary/aromatic N) is 1. The van der Waals surface area contributed by atoms with E-state index in [0.717, 1.165) is 0 Å². The zero-order valence-corrected chi connectivity index (χ0v) is 33.0. The van der Waals surface area contributed by atoms with Crippen LogP contribution < -0.4 is 0 Å². The molecule has 322 valence electrons. The van der Waals surface area contributed by atoms with Crippen molar-refractivity contribution in [3.05, 3.63) is 35.4 Å². The van der Waals surface area contributed by atoms with Gasteiger partial charge in [-0.3, -0.25) is 19.3 Å². The molecule has 0 unspecified atom stereocenters. The number of methoxy groups -OCH3 is 1. The molecule has 1 heterocycles. The topological polar surface area (TPSA) is 184 Å². The molecule has 18 nitrogen and oxygen atoms in total. The van der Waals surface area contributed by atoms with E-state index in [4.69, 9.17) is 61.6 Å². The highest BCUT2D eigenvalue weighted by Crippen LogP contribution is 2.21. The van der Waals surface area contributed by atoms with E-state index in [1.165, 1.54) is 12.0 Å². The highest BCUT2D eigenvalue weighted by atomic mass is 16.6. The van der Waals surface area contributed by atoms with E-state index in [0.29, 0.717) is 176 Å². The number of amides is 2. The number of benzene rings is 1. The molecule has 0 N–H and O–H groups in total. The van der Waals surface area contributed by atoms with Crippen LogP contribution in [0.2, 0.25) is 0 Å². The number of carbonyl (C=O) groups excluding carboxylic acids is 3. The maximum Gasteiger partial charge on any atom is 0.307 e. The highest BCUT2D eigenvalue weighted by molar-refractivity contribution is 6.21. The van der Waals surface area contributed by atoms with Crippen molar-refractivity contribution in [1.82, 2.24) is 4.90 Å². The minimum absolute atomic E-state index is 0.208. The van der Waals surface area contributed by atoms with Gasteiger partial charge in [-0.15, -0.1) is 0 Å². The number of imide groups is 1. The number of hydrogen-bond acceptors (Lipinski definition) is 17. The van der Waals surface area contributed by atoms with Crippen molar-refractivity contribution < 1.29 is 80.7 Å². The molecule has 0 saturated heterocycles. The summed E-state index contributed by atoms with van der Waals surface area (Å²) < 4.78 is 75.4. The first-order chi connectivity index (χ1) is 27.6. The molecule has 0 spiro atoms. The third-order valence-corrected chi connectivity index (χ3v) is 7.48. The van der Waals surface area contributed by atoms with Crippen molar-refractivity contribution in [3.8, 4) is 0 Å². The van der Waals surface area contributed by atoms with Crippen molar-refractivity contribution in [1.29, 1.82) is 0 Å². The van der Waals surface area contributed by atoms with Gasteiger partial charge in [0, 0.05) is 0 Å². The smallest absolute Gasteiger partial charge is 0.307 e. The van der Waals surface area contributed by atoms with Crippen LogP contribution in [0.3, 0.4) is 0 Å². The maximum absolute atomic E-state index is 12.3. The van der Waals surface area contributed by atoms with E-state index in [1.807, 2.05) is 0 Å². The van der Waals surface area contributed by atoms with Crippen LogP contribution in [0.15, 0.2) is 24.3 Å². The Hall–Kier alpha value is -2.69. The van der Waals surface area contributed by atoms with Gasteiger partial charge in [0.05, 0.1) is 203 Å². The summed E-state index contributed by atoms with van der Waals surface area (Å²) in [6, 6.07) is 6.81. The summed E-state index contributed by atoms with van der Waals surface area (Å²) in [6.07, 6.45) is 0.237. The summed E-state index contributed by atoms with van der Waals surface area (Å²) in [5, 5.41) is 0. The van der Waals surface area contributed by atoms with E-state index in [9.17, 15) is 14.4 Å². The van der Waals surface area contributed by atoms with Gasteiger partial charge in [0.2, 0.25) is 0 Å². The van der Waals surface area contributed by atoms with Crippen LogP contribution in [0.4, 0.5) is 0 Å². The van der Waals surface area contributed by atoms with E-state index < -0.39 is 0 Å². The molecule has 0 bridgehead atoms. The second kappa shape index (κ2) is 36.6. The van der Waals surface area contributed by atoms with Gasteiger partial charge in [-0.05, 0) is 12.1 Å². The monoisotopic (exact) mass is 805 g/mol. The van der Waals surface area contributed by atoms with Crippen LogP contribution in [0.1, 0.15) is 27.1 Å². The van der Waals surface area contributed by atoms with Crippen LogP contribution in [0, 0.1) is 0 Å². The zero-order chi connectivity index (χ0) is 40.0. The lowest BCUT2D eigenvalue weighted by Crippen LogP contribution is -2.33. The predicted octanol–water partition coefficient (Wildman–Crippen LogP) is 1.06. The van der Waals surface area contributed by atoms with Crippen LogP contribution in [-0.4, -0.2) is 208 Å². The van der Waals surface area contributed by atoms with Crippen molar-refractivity contribution in [2.45, 2.75) is 6.42 Å². The van der Waals surface area contributed by atoms with Gasteiger partial charge in [0.15, 0.2) is 0 Å². The van der Waals surface area contributed by atoms with Crippen LogP contribution in [0.25, 0.3) is 0 Å². The summed E-state index contributed by atoms with van der Waals surface area (Å²) in [4.78, 5) is 36.8. The van der Waals surface area contributed by atoms with Gasteiger partial charge in [-0.2, -0.15) is 0 Å². The average Bonchev–Trinajstić information content (AvgIpc) is 3.46. The molecule has 2 amide bonds. The molecule has 18 heteroatoms. The summed E-state index contributed by atoms with van der Waals surface area (Å²) in [6.45, 7) is 11.8. The molecule has 0 saturated carbocycles. The number of carbonyl (C=O) groups is 3. The second-order valence-electron chi connectivity index (χ2n) is 11.6. The Morgan fingerprint density at radius 3 is 0.875 bits per heavy atom. The van der Waals surface area contributed by atoms with E-state index >= 15 is 0 Å². The molecule has 0 radical (unpaired) electrons. The van der Waals surface area contributed by atoms with E-state index in [2.05, 4.69) is 4.74 Å². The number of fused-ring (bicyclic) bond motifs is 1. The lowest BCUT2D eigenvalue weighted by atomic mass is 10.1. The summed E-state index contributed by atoms with van der Waals surface area (Å²) in [5.74, 6) is -0.856. The molecule has 0 fully saturated rings. The lowest BCUT2D eigenvalue weighted by molar-refractivity contribution is -0.141. The Morgan fingerprint density at radius 2 is 0.625 bits per heavy atom. The molecular weight excluding hydrogens is 742 g/mol. The Bertz CT molecular complexity index is 1080. The summed E-state index contributed by atoms with van der Waals surface area (Å²) >= 11 is 0. The fourth-order valence-electron chi connectivity index (χ4n) is 4.60. The first-order valence-electron chi connectivity index (χ1n) is 19.2. The number of rotatable bonds is 42. The molecular formula is C38H63NO17. The third kappa shape index (κ3) is 26.3. The molecule has 2 rings (SSSR count). The average molecular weight is 806 g/mol. The minimum atomic E-state index is -0.292. The van der Waals surface area contributed by atoms with Crippen molar-refractivity contribution in [2.24, 2.45) is 0 Å². The van der Waals surface area contributed by atoms with Crippen LogP contribution in [0.5, 0.6) is 0 Å². The first kappa shape index (κ1) is 49.5. The molecule has 56 heavy (non-hydrogen) atoms. The zero-order valence-electron chi connectivity index (χ0n) is 33.0. The van der Waals surface area contributed by atoms with Crippen molar-refractivity contribution in [2.75, 3.05) is 185 Å². The van der Waals surface area contributed by atoms with Crippen molar-refractivity contribution >= 4 is 17.8 Å². The number of hydrogen-bond donors (Lipinski definition) is 0. The Labute approximate surface area is 330 Å². The Balaban J connectivity index is 1.15. The fraction of sp³-hybridized carbons (Fsp3) is 0.763. The summed E-state index contributed by atoms with van der Waals surface area (Å²) in [5.41, 5.74) is 0.875. The van der Waals surface area contributed by atoms with E-state index in [1.54, 1.807) is 24.3 Å². The van der Waals surface area contributed by atoms with Gasteiger partial charge in [-0.1, -0.05) is 12.1 Å². The third-order valence-electron chi connectivity index (χ3n) is 7.48. The van der Waals surface area contributed by atoms with Gasteiger partial charge < -0.3 is 66.3 Å². The quantitative estimate of drug-likeness (QED) is 0.0519. The number of esters is 1. The number of ether oxygens (including phenoxy) is 14. The van der Waals surface area contributed by atoms with Gasteiger partial charge >= 0.3 is 5.97 Å². The molecule has 0 aliphatic carbocycles. The predicted molar refractivity (Wildman–Crippen MR) is 199 cm³/mol. The fourth-order valence-corrected chi connectivity index (χ4v) is 4.60. The van der Waals surface area contributed by atoms with Crippen LogP contribution >= 0.6 is 0 Å². The first-order valence-corrected chi connectivity index (χ1v) is 19.2. The van der Waals surface area contributed by atoms with Gasteiger partial charge in [0.25, 0.3) is 11.8 Å².